The van der Waals surface area contributed by atoms with E-state index in [9.17, 15) is 0 Å². The Balaban J connectivity index is 1.93. The molecule has 3 N–H and O–H groups in total. The molecule has 2 rings (SSSR count). The number of hydrogen-bond acceptors (Lipinski definition) is 4. The highest BCUT2D eigenvalue weighted by Gasteiger charge is 2.25. The largest absolute Gasteiger partial charge is 0.409 e. The lowest BCUT2D eigenvalue weighted by atomic mass is 10.0. The molecule has 0 amide bonds. The molecule has 1 aliphatic rings. The van der Waals surface area contributed by atoms with Crippen LogP contribution in [0.25, 0.3) is 0 Å². The van der Waals surface area contributed by atoms with Crippen molar-refractivity contribution in [2.75, 3.05) is 13.1 Å². The van der Waals surface area contributed by atoms with Crippen molar-refractivity contribution < 1.29 is 5.21 Å². The molecule has 0 spiro atoms. The summed E-state index contributed by atoms with van der Waals surface area (Å²) < 4.78 is 1.81. The minimum Gasteiger partial charge on any atom is -0.409 e. The number of hydrogen-bond donors (Lipinski definition) is 2. The summed E-state index contributed by atoms with van der Waals surface area (Å²) in [5.74, 6) is 0.334. The fourth-order valence-electron chi connectivity index (χ4n) is 2.53. The summed E-state index contributed by atoms with van der Waals surface area (Å²) in [6.45, 7) is 1.94. The van der Waals surface area contributed by atoms with E-state index in [1.54, 1.807) is 0 Å². The van der Waals surface area contributed by atoms with Gasteiger partial charge in [0.2, 0.25) is 0 Å². The Morgan fingerprint density at radius 3 is 3.11 bits per heavy atom. The molecule has 1 aromatic rings. The molecule has 0 bridgehead atoms. The molecule has 0 aliphatic carbocycles. The molecule has 1 aromatic heterocycles. The third-order valence-corrected chi connectivity index (χ3v) is 3.52. The van der Waals surface area contributed by atoms with Crippen LogP contribution >= 0.6 is 0 Å². The summed E-state index contributed by atoms with van der Waals surface area (Å²) in [5.41, 5.74) is 6.98. The third kappa shape index (κ3) is 3.01. The zero-order valence-corrected chi connectivity index (χ0v) is 10.8. The van der Waals surface area contributed by atoms with Gasteiger partial charge in [0.1, 0.15) is 0 Å². The zero-order chi connectivity index (χ0) is 13.0. The maximum absolute atomic E-state index is 8.82. The van der Waals surface area contributed by atoms with Crippen LogP contribution < -0.4 is 5.73 Å². The summed E-state index contributed by atoms with van der Waals surface area (Å²) in [4.78, 5) is 2.30. The first-order valence-electron chi connectivity index (χ1n) is 6.39. The van der Waals surface area contributed by atoms with Gasteiger partial charge in [0, 0.05) is 19.8 Å². The summed E-state index contributed by atoms with van der Waals surface area (Å²) in [6.07, 6.45) is 8.17. The first-order valence-corrected chi connectivity index (χ1v) is 6.39. The molecule has 18 heavy (non-hydrogen) atoms. The van der Waals surface area contributed by atoms with E-state index in [0.717, 1.165) is 32.4 Å². The topological polar surface area (TPSA) is 79.7 Å². The zero-order valence-electron chi connectivity index (χ0n) is 10.8. The van der Waals surface area contributed by atoms with Crippen molar-refractivity contribution >= 4 is 5.84 Å². The van der Waals surface area contributed by atoms with Crippen molar-refractivity contribution in [2.45, 2.75) is 31.7 Å². The van der Waals surface area contributed by atoms with Crippen LogP contribution in [0.15, 0.2) is 17.5 Å². The average molecular weight is 251 g/mol. The highest BCUT2D eigenvalue weighted by Crippen LogP contribution is 2.17. The smallest absolute Gasteiger partial charge is 0.156 e. The molecule has 1 atom stereocenters. The van der Waals surface area contributed by atoms with Gasteiger partial charge >= 0.3 is 0 Å². The Kier molecular flexibility index (Phi) is 4.19. The standard InChI is InChI=1S/C12H21N5O/c1-16-9-10(8-14-16)5-7-17-6-3-2-4-11(17)12(13)15-18/h8-9,11,18H,2-7H2,1H3,(H2,13,15). The molecule has 1 aliphatic heterocycles. The van der Waals surface area contributed by atoms with Crippen LogP contribution in [0.4, 0.5) is 0 Å². The molecule has 1 unspecified atom stereocenters. The summed E-state index contributed by atoms with van der Waals surface area (Å²) in [6, 6.07) is 0.0837. The maximum Gasteiger partial charge on any atom is 0.156 e. The van der Waals surface area contributed by atoms with Gasteiger partial charge in [-0.25, -0.2) is 0 Å². The summed E-state index contributed by atoms with van der Waals surface area (Å²) in [5, 5.41) is 16.1. The predicted octanol–water partition coefficient (Wildman–Crippen LogP) is 0.564. The van der Waals surface area contributed by atoms with E-state index in [1.807, 2.05) is 24.1 Å². The second kappa shape index (κ2) is 5.86. The molecule has 0 radical (unpaired) electrons. The Bertz CT molecular complexity index is 414. The lowest BCUT2D eigenvalue weighted by Gasteiger charge is -2.34. The first-order chi connectivity index (χ1) is 8.70. The highest BCUT2D eigenvalue weighted by molar-refractivity contribution is 5.85. The van der Waals surface area contributed by atoms with Gasteiger partial charge in [-0.2, -0.15) is 5.10 Å². The number of aromatic nitrogens is 2. The normalized spacial score (nSPS) is 22.3. The van der Waals surface area contributed by atoms with Crippen LogP contribution in [-0.4, -0.2) is 44.9 Å². The Morgan fingerprint density at radius 2 is 2.44 bits per heavy atom. The lowest BCUT2D eigenvalue weighted by molar-refractivity contribution is 0.188. The minimum atomic E-state index is 0.0837. The lowest BCUT2D eigenvalue weighted by Crippen LogP contribution is -2.48. The highest BCUT2D eigenvalue weighted by atomic mass is 16.4. The average Bonchev–Trinajstić information content (AvgIpc) is 2.81. The number of aryl methyl sites for hydroxylation is 1. The number of piperidine rings is 1. The number of amidine groups is 1. The number of likely N-dealkylation sites (tertiary alicyclic amines) is 1. The SMILES string of the molecule is Cn1cc(CCN2CCCCC2/C(N)=N/O)cn1. The van der Waals surface area contributed by atoms with Crippen molar-refractivity contribution in [3.8, 4) is 0 Å². The first kappa shape index (κ1) is 12.9. The van der Waals surface area contributed by atoms with Gasteiger partial charge in [0.15, 0.2) is 5.84 Å². The molecule has 6 heteroatoms. The van der Waals surface area contributed by atoms with Crippen LogP contribution in [0.5, 0.6) is 0 Å². The van der Waals surface area contributed by atoms with Gasteiger partial charge in [-0.15, -0.1) is 0 Å². The van der Waals surface area contributed by atoms with E-state index in [1.165, 1.54) is 12.0 Å². The number of nitrogens with two attached hydrogens (primary N) is 1. The van der Waals surface area contributed by atoms with E-state index in [-0.39, 0.29) is 6.04 Å². The van der Waals surface area contributed by atoms with Gasteiger partial charge in [-0.3, -0.25) is 9.58 Å². The molecule has 0 aromatic carbocycles. The van der Waals surface area contributed by atoms with Gasteiger partial charge in [-0.1, -0.05) is 11.6 Å². The quantitative estimate of drug-likeness (QED) is 0.355. The van der Waals surface area contributed by atoms with Crippen LogP contribution in [0.2, 0.25) is 0 Å². The second-order valence-electron chi connectivity index (χ2n) is 4.84. The van der Waals surface area contributed by atoms with Gasteiger partial charge in [0.25, 0.3) is 0 Å². The maximum atomic E-state index is 8.82. The van der Waals surface area contributed by atoms with Crippen LogP contribution in [-0.2, 0) is 13.5 Å². The summed E-state index contributed by atoms with van der Waals surface area (Å²) in [7, 11) is 1.92. The van der Waals surface area contributed by atoms with E-state index in [4.69, 9.17) is 10.9 Å². The Hall–Kier alpha value is -1.56. The molecule has 2 heterocycles. The minimum absolute atomic E-state index is 0.0837. The van der Waals surface area contributed by atoms with Crippen molar-refractivity contribution in [2.24, 2.45) is 17.9 Å². The van der Waals surface area contributed by atoms with Crippen LogP contribution in [0.3, 0.4) is 0 Å². The van der Waals surface area contributed by atoms with E-state index in [0.29, 0.717) is 5.84 Å². The Morgan fingerprint density at radius 1 is 1.61 bits per heavy atom. The van der Waals surface area contributed by atoms with Crippen molar-refractivity contribution in [1.82, 2.24) is 14.7 Å². The predicted molar refractivity (Wildman–Crippen MR) is 69.5 cm³/mol. The molecule has 1 fully saturated rings. The van der Waals surface area contributed by atoms with Crippen molar-refractivity contribution in [3.63, 3.8) is 0 Å². The molecule has 0 saturated carbocycles. The van der Waals surface area contributed by atoms with Gasteiger partial charge in [-0.05, 0) is 31.4 Å². The van der Waals surface area contributed by atoms with Gasteiger partial charge < -0.3 is 10.9 Å². The fourth-order valence-corrected chi connectivity index (χ4v) is 2.53. The van der Waals surface area contributed by atoms with Crippen molar-refractivity contribution in [3.05, 3.63) is 18.0 Å². The second-order valence-corrected chi connectivity index (χ2v) is 4.84. The fraction of sp³-hybridized carbons (Fsp3) is 0.667. The van der Waals surface area contributed by atoms with E-state index >= 15 is 0 Å². The molecular formula is C12H21N5O. The molecule has 1 saturated heterocycles. The summed E-state index contributed by atoms with van der Waals surface area (Å²) >= 11 is 0. The third-order valence-electron chi connectivity index (χ3n) is 3.52. The molecule has 100 valence electrons. The number of nitrogens with zero attached hydrogens (tertiary/aromatic N) is 4. The Labute approximate surface area is 107 Å². The number of rotatable bonds is 4. The van der Waals surface area contributed by atoms with E-state index in [2.05, 4.69) is 15.2 Å². The van der Waals surface area contributed by atoms with Crippen LogP contribution in [0, 0.1) is 0 Å². The molecular weight excluding hydrogens is 230 g/mol. The van der Waals surface area contributed by atoms with Crippen molar-refractivity contribution in [1.29, 1.82) is 0 Å². The number of oxime groups is 1. The molecule has 6 nitrogen and oxygen atoms in total. The van der Waals surface area contributed by atoms with Crippen LogP contribution in [0.1, 0.15) is 24.8 Å². The monoisotopic (exact) mass is 251 g/mol. The van der Waals surface area contributed by atoms with Gasteiger partial charge in [0.05, 0.1) is 12.2 Å². The van der Waals surface area contributed by atoms with E-state index < -0.39 is 0 Å².